The molecular weight excluding hydrogens is 671 g/mol. The van der Waals surface area contributed by atoms with E-state index in [1.165, 1.54) is 16.3 Å². The summed E-state index contributed by atoms with van der Waals surface area (Å²) < 4.78 is 13.0. The van der Waals surface area contributed by atoms with Crippen molar-refractivity contribution in [2.24, 2.45) is 0 Å². The van der Waals surface area contributed by atoms with Crippen LogP contribution >= 0.6 is 0 Å². The van der Waals surface area contributed by atoms with Crippen molar-refractivity contribution in [3.05, 3.63) is 200 Å². The lowest BCUT2D eigenvalue weighted by Gasteiger charge is -2.29. The first-order chi connectivity index (χ1) is 27.3. The normalized spacial score (nSPS) is 11.6. The molecule has 0 saturated carbocycles. The zero-order chi connectivity index (χ0) is 36.3. The van der Waals surface area contributed by atoms with E-state index in [9.17, 15) is 0 Å². The van der Waals surface area contributed by atoms with Crippen molar-refractivity contribution >= 4 is 71.7 Å². The molecule has 0 atom stereocenters. The smallest absolute Gasteiger partial charge is 0.143 e. The topological polar surface area (TPSA) is 29.5 Å². The second-order valence-electron chi connectivity index (χ2n) is 14.1. The molecule has 0 unspecified atom stereocenters. The third-order valence-electron chi connectivity index (χ3n) is 10.9. The van der Waals surface area contributed by atoms with E-state index >= 15 is 0 Å². The largest absolute Gasteiger partial charge is 0.456 e. The molecule has 55 heavy (non-hydrogen) atoms. The van der Waals surface area contributed by atoms with Crippen molar-refractivity contribution in [1.29, 1.82) is 0 Å². The number of hydrogen-bond donors (Lipinski definition) is 0. The predicted molar refractivity (Wildman–Crippen MR) is 229 cm³/mol. The number of fused-ring (bicyclic) bond motifs is 7. The summed E-state index contributed by atoms with van der Waals surface area (Å²) in [7, 11) is 0. The molecule has 0 aliphatic rings. The van der Waals surface area contributed by atoms with Gasteiger partial charge in [-0.15, -0.1) is 0 Å². The molecule has 2 heterocycles. The van der Waals surface area contributed by atoms with Crippen LogP contribution in [0.2, 0.25) is 0 Å². The fraction of sp³-hybridized carbons (Fsp3) is 0. The monoisotopic (exact) mass is 703 g/mol. The third kappa shape index (κ3) is 5.20. The maximum absolute atomic E-state index is 6.54. The first-order valence-corrected chi connectivity index (χ1v) is 18.7. The van der Waals surface area contributed by atoms with Crippen LogP contribution in [-0.4, -0.2) is 0 Å². The van der Waals surface area contributed by atoms with Gasteiger partial charge in [-0.1, -0.05) is 152 Å². The number of furan rings is 2. The molecule has 0 N–H and O–H groups in total. The Morgan fingerprint density at radius 2 is 0.909 bits per heavy atom. The first-order valence-electron chi connectivity index (χ1n) is 18.7. The molecule has 0 fully saturated rings. The Morgan fingerprint density at radius 1 is 0.309 bits per heavy atom. The number of para-hydroxylation sites is 3. The van der Waals surface area contributed by atoms with E-state index in [-0.39, 0.29) is 0 Å². The number of benzene rings is 9. The highest BCUT2D eigenvalue weighted by Gasteiger charge is 2.22. The molecule has 258 valence electrons. The number of nitrogens with zero attached hydrogens (tertiary/aromatic N) is 1. The summed E-state index contributed by atoms with van der Waals surface area (Å²) in [4.78, 5) is 2.38. The van der Waals surface area contributed by atoms with Crippen molar-refractivity contribution in [2.45, 2.75) is 0 Å². The van der Waals surface area contributed by atoms with Gasteiger partial charge in [-0.25, -0.2) is 0 Å². The zero-order valence-corrected chi connectivity index (χ0v) is 29.8. The summed E-state index contributed by atoms with van der Waals surface area (Å²) in [6, 6.07) is 71.1. The molecule has 0 amide bonds. The van der Waals surface area contributed by atoms with Crippen molar-refractivity contribution in [2.75, 3.05) is 4.90 Å². The number of rotatable bonds is 6. The van der Waals surface area contributed by atoms with Gasteiger partial charge in [0.05, 0.1) is 5.69 Å². The molecule has 3 heteroatoms. The summed E-state index contributed by atoms with van der Waals surface area (Å²) in [6.45, 7) is 0. The molecule has 0 bridgehead atoms. The molecule has 3 nitrogen and oxygen atoms in total. The van der Waals surface area contributed by atoms with E-state index in [1.807, 2.05) is 24.3 Å². The van der Waals surface area contributed by atoms with E-state index in [4.69, 9.17) is 8.83 Å². The predicted octanol–water partition coefficient (Wildman–Crippen LogP) is 15.1. The Balaban J connectivity index is 1.18. The molecule has 0 aliphatic carbocycles. The van der Waals surface area contributed by atoms with Gasteiger partial charge in [-0.05, 0) is 75.5 Å². The molecule has 2 aromatic heterocycles. The Labute approximate surface area is 317 Å². The highest BCUT2D eigenvalue weighted by molar-refractivity contribution is 6.10. The van der Waals surface area contributed by atoms with Gasteiger partial charge in [0.2, 0.25) is 0 Å². The van der Waals surface area contributed by atoms with Crippen LogP contribution in [0.15, 0.2) is 209 Å². The van der Waals surface area contributed by atoms with Gasteiger partial charge in [0.1, 0.15) is 22.3 Å². The molecular formula is C52H33NO2. The summed E-state index contributed by atoms with van der Waals surface area (Å²) in [5.41, 5.74) is 13.3. The quantitative estimate of drug-likeness (QED) is 0.173. The summed E-state index contributed by atoms with van der Waals surface area (Å²) in [5, 5.41) is 6.87. The lowest BCUT2D eigenvalue weighted by atomic mass is 9.94. The Bertz CT molecular complexity index is 3220. The summed E-state index contributed by atoms with van der Waals surface area (Å²) in [5.74, 6) is 0. The van der Waals surface area contributed by atoms with Crippen molar-refractivity contribution < 1.29 is 8.83 Å². The van der Waals surface area contributed by atoms with Gasteiger partial charge in [-0.3, -0.25) is 0 Å². The summed E-state index contributed by atoms with van der Waals surface area (Å²) in [6.07, 6.45) is 0. The van der Waals surface area contributed by atoms with Crippen LogP contribution in [0.3, 0.4) is 0 Å². The van der Waals surface area contributed by atoms with E-state index in [0.29, 0.717) is 0 Å². The van der Waals surface area contributed by atoms with Gasteiger partial charge in [-0.2, -0.15) is 0 Å². The first kappa shape index (κ1) is 31.2. The van der Waals surface area contributed by atoms with Gasteiger partial charge < -0.3 is 13.7 Å². The van der Waals surface area contributed by atoms with Crippen molar-refractivity contribution in [3.63, 3.8) is 0 Å². The Hall–Kier alpha value is -7.36. The lowest BCUT2D eigenvalue weighted by Crippen LogP contribution is -2.11. The summed E-state index contributed by atoms with van der Waals surface area (Å²) >= 11 is 0. The maximum Gasteiger partial charge on any atom is 0.143 e. The molecule has 11 aromatic rings. The second-order valence-corrected chi connectivity index (χ2v) is 14.1. The highest BCUT2D eigenvalue weighted by atomic mass is 16.3. The average molecular weight is 704 g/mol. The molecule has 11 rings (SSSR count). The van der Waals surface area contributed by atoms with Crippen LogP contribution in [0.25, 0.3) is 88.0 Å². The molecule has 0 radical (unpaired) electrons. The fourth-order valence-corrected chi connectivity index (χ4v) is 8.29. The van der Waals surface area contributed by atoms with Crippen LogP contribution in [0.4, 0.5) is 17.1 Å². The van der Waals surface area contributed by atoms with E-state index in [1.54, 1.807) is 0 Å². The Kier molecular flexibility index (Phi) is 7.17. The fourth-order valence-electron chi connectivity index (χ4n) is 8.29. The standard InChI is InChI=1S/C52H33NO2/c1-2-13-35(14-3-1)42-29-27-37(41-22-11-16-34-15-4-5-19-40(34)41)32-48(42)53(39-28-30-46-44-20-6-8-25-49(44)54-51(46)33-39)38-18-10-17-36(31-38)43-23-12-24-47-45-21-7-9-26-50(45)55-52(43)47/h1-33H. The van der Waals surface area contributed by atoms with Crippen molar-refractivity contribution in [3.8, 4) is 33.4 Å². The second kappa shape index (κ2) is 12.6. The number of anilines is 3. The highest BCUT2D eigenvalue weighted by Crippen LogP contribution is 2.46. The minimum absolute atomic E-state index is 0.846. The van der Waals surface area contributed by atoms with Crippen LogP contribution in [0.5, 0.6) is 0 Å². The Morgan fingerprint density at radius 3 is 1.78 bits per heavy atom. The van der Waals surface area contributed by atoms with E-state index in [2.05, 4.69) is 181 Å². The molecule has 0 saturated heterocycles. The SMILES string of the molecule is c1ccc(-c2ccc(-c3cccc4ccccc34)cc2N(c2cccc(-c3cccc4c3oc3ccccc34)c2)c2ccc3c(c2)oc2ccccc23)cc1. The van der Waals surface area contributed by atoms with E-state index < -0.39 is 0 Å². The average Bonchev–Trinajstić information content (AvgIpc) is 3.82. The lowest BCUT2D eigenvalue weighted by molar-refractivity contribution is 0.669. The molecule has 9 aromatic carbocycles. The van der Waals surface area contributed by atoms with Gasteiger partial charge in [0.15, 0.2) is 0 Å². The van der Waals surface area contributed by atoms with Gasteiger partial charge in [0, 0.05) is 50.1 Å². The van der Waals surface area contributed by atoms with Crippen LogP contribution in [0, 0.1) is 0 Å². The van der Waals surface area contributed by atoms with Crippen LogP contribution in [-0.2, 0) is 0 Å². The molecule has 0 spiro atoms. The number of hydrogen-bond acceptors (Lipinski definition) is 3. The van der Waals surface area contributed by atoms with Crippen LogP contribution in [0.1, 0.15) is 0 Å². The van der Waals surface area contributed by atoms with Gasteiger partial charge in [0.25, 0.3) is 0 Å². The van der Waals surface area contributed by atoms with Gasteiger partial charge >= 0.3 is 0 Å². The minimum Gasteiger partial charge on any atom is -0.456 e. The van der Waals surface area contributed by atoms with Crippen LogP contribution < -0.4 is 4.90 Å². The maximum atomic E-state index is 6.54. The molecule has 0 aliphatic heterocycles. The third-order valence-corrected chi connectivity index (χ3v) is 10.9. The minimum atomic E-state index is 0.846. The van der Waals surface area contributed by atoms with E-state index in [0.717, 1.165) is 88.8 Å². The zero-order valence-electron chi connectivity index (χ0n) is 29.8. The van der Waals surface area contributed by atoms with Crippen molar-refractivity contribution in [1.82, 2.24) is 0 Å².